The van der Waals surface area contributed by atoms with E-state index in [1.54, 1.807) is 0 Å². The Morgan fingerprint density at radius 1 is 1.53 bits per heavy atom. The zero-order valence-electron chi connectivity index (χ0n) is 9.08. The minimum Gasteiger partial charge on any atom is -0.469 e. The fraction of sp³-hybridized carbons (Fsp3) is 0.667. The molecule has 1 aromatic rings. The molecule has 3 rings (SSSR count). The van der Waals surface area contributed by atoms with Gasteiger partial charge < -0.3 is 14.5 Å². The van der Waals surface area contributed by atoms with E-state index >= 15 is 0 Å². The topological polar surface area (TPSA) is 34.4 Å². The summed E-state index contributed by atoms with van der Waals surface area (Å²) in [4.78, 5) is 0. The molecule has 0 bridgehead atoms. The summed E-state index contributed by atoms with van der Waals surface area (Å²) in [7, 11) is 0. The highest BCUT2D eigenvalue weighted by Gasteiger charge is 2.41. The second kappa shape index (κ2) is 3.35. The van der Waals surface area contributed by atoms with Crippen molar-refractivity contribution in [3.05, 3.63) is 23.7 Å². The Balaban J connectivity index is 1.99. The molecular weight excluding hydrogens is 190 g/mol. The highest BCUT2D eigenvalue weighted by atomic mass is 16.5. The first-order chi connectivity index (χ1) is 7.30. The van der Waals surface area contributed by atoms with Crippen molar-refractivity contribution in [1.29, 1.82) is 0 Å². The van der Waals surface area contributed by atoms with E-state index in [1.165, 1.54) is 11.3 Å². The maximum atomic E-state index is 5.63. The monoisotopic (exact) mass is 207 g/mol. The van der Waals surface area contributed by atoms with E-state index in [9.17, 15) is 0 Å². The van der Waals surface area contributed by atoms with Gasteiger partial charge in [-0.1, -0.05) is 0 Å². The van der Waals surface area contributed by atoms with E-state index in [1.807, 2.05) is 6.26 Å². The molecule has 2 atom stereocenters. The summed E-state index contributed by atoms with van der Waals surface area (Å²) < 4.78 is 11.2. The third-order valence-electron chi connectivity index (χ3n) is 3.64. The van der Waals surface area contributed by atoms with Crippen LogP contribution in [0.4, 0.5) is 0 Å². The van der Waals surface area contributed by atoms with Gasteiger partial charge in [0.05, 0.1) is 17.9 Å². The first-order valence-electron chi connectivity index (χ1n) is 5.74. The Morgan fingerprint density at radius 3 is 3.33 bits per heavy atom. The van der Waals surface area contributed by atoms with E-state index < -0.39 is 0 Å². The lowest BCUT2D eigenvalue weighted by Gasteiger charge is -2.43. The summed E-state index contributed by atoms with van der Waals surface area (Å²) in [6.07, 6.45) is 5.29. The number of rotatable bonds is 0. The summed E-state index contributed by atoms with van der Waals surface area (Å²) in [6.45, 7) is 4.02. The minimum absolute atomic E-state index is 0.123. The molecule has 1 fully saturated rings. The number of hydrogen-bond acceptors (Lipinski definition) is 3. The van der Waals surface area contributed by atoms with Crippen molar-refractivity contribution >= 4 is 0 Å². The molecule has 1 spiro atoms. The van der Waals surface area contributed by atoms with E-state index in [0.717, 1.165) is 32.4 Å². The Hall–Kier alpha value is -0.800. The third kappa shape index (κ3) is 1.42. The Morgan fingerprint density at radius 2 is 2.47 bits per heavy atom. The summed E-state index contributed by atoms with van der Waals surface area (Å²) in [6, 6.07) is 2.12. The lowest BCUT2D eigenvalue weighted by molar-refractivity contribution is -0.0230. The molecule has 2 aliphatic rings. The highest BCUT2D eigenvalue weighted by molar-refractivity contribution is 5.30. The van der Waals surface area contributed by atoms with Gasteiger partial charge in [0.15, 0.2) is 0 Å². The molecule has 1 N–H and O–H groups in total. The standard InChI is InChI=1S/C12H17NO2/c1-9-8-12(4-7-14-9)10-3-6-15-11(10)2-5-13-12/h3,6,9,13H,2,4-5,7-8H2,1H3. The van der Waals surface area contributed by atoms with Crippen LogP contribution in [-0.4, -0.2) is 19.3 Å². The molecule has 0 aliphatic carbocycles. The predicted octanol–water partition coefficient (Wildman–Crippen LogP) is 1.82. The van der Waals surface area contributed by atoms with Crippen LogP contribution in [0.5, 0.6) is 0 Å². The van der Waals surface area contributed by atoms with Crippen molar-refractivity contribution in [3.63, 3.8) is 0 Å². The van der Waals surface area contributed by atoms with Crippen LogP contribution in [0.15, 0.2) is 16.7 Å². The fourth-order valence-electron chi connectivity index (χ4n) is 2.96. The lowest BCUT2D eigenvalue weighted by Crippen LogP contribution is -2.51. The van der Waals surface area contributed by atoms with Crippen molar-refractivity contribution in [2.75, 3.05) is 13.2 Å². The van der Waals surface area contributed by atoms with Crippen molar-refractivity contribution in [1.82, 2.24) is 5.32 Å². The van der Waals surface area contributed by atoms with Crippen LogP contribution < -0.4 is 5.32 Å². The minimum atomic E-state index is 0.123. The lowest BCUT2D eigenvalue weighted by atomic mass is 9.78. The second-order valence-corrected chi connectivity index (χ2v) is 4.65. The quantitative estimate of drug-likeness (QED) is 0.704. The maximum Gasteiger partial charge on any atom is 0.110 e. The average molecular weight is 207 g/mol. The van der Waals surface area contributed by atoms with Crippen molar-refractivity contribution in [2.24, 2.45) is 0 Å². The highest BCUT2D eigenvalue weighted by Crippen LogP contribution is 2.39. The first kappa shape index (κ1) is 9.43. The smallest absolute Gasteiger partial charge is 0.110 e. The average Bonchev–Trinajstić information content (AvgIpc) is 2.67. The van der Waals surface area contributed by atoms with E-state index in [4.69, 9.17) is 9.15 Å². The van der Waals surface area contributed by atoms with Gasteiger partial charge in [-0.3, -0.25) is 0 Å². The van der Waals surface area contributed by atoms with Crippen LogP contribution in [0.25, 0.3) is 0 Å². The van der Waals surface area contributed by atoms with E-state index in [0.29, 0.717) is 6.10 Å². The summed E-state index contributed by atoms with van der Waals surface area (Å²) in [5, 5.41) is 3.67. The number of ether oxygens (including phenoxy) is 1. The first-order valence-corrected chi connectivity index (χ1v) is 5.74. The molecule has 0 saturated carbocycles. The van der Waals surface area contributed by atoms with Crippen molar-refractivity contribution in [3.8, 4) is 0 Å². The molecule has 82 valence electrons. The van der Waals surface area contributed by atoms with Gasteiger partial charge in [-0.25, -0.2) is 0 Å². The molecule has 0 amide bonds. The molecule has 3 nitrogen and oxygen atoms in total. The summed E-state index contributed by atoms with van der Waals surface area (Å²) in [5.74, 6) is 1.17. The molecule has 2 aliphatic heterocycles. The Labute approximate surface area is 89.8 Å². The third-order valence-corrected chi connectivity index (χ3v) is 3.64. The largest absolute Gasteiger partial charge is 0.469 e. The van der Waals surface area contributed by atoms with Crippen molar-refractivity contribution in [2.45, 2.75) is 37.8 Å². The molecule has 15 heavy (non-hydrogen) atoms. The molecule has 3 heterocycles. The molecular formula is C12H17NO2. The van der Waals surface area contributed by atoms with Gasteiger partial charge in [-0.15, -0.1) is 0 Å². The van der Waals surface area contributed by atoms with Gasteiger partial charge in [-0.05, 0) is 25.8 Å². The van der Waals surface area contributed by atoms with Gasteiger partial charge in [0, 0.05) is 25.1 Å². The van der Waals surface area contributed by atoms with Crippen LogP contribution in [0.1, 0.15) is 31.1 Å². The normalized spacial score (nSPS) is 35.4. The van der Waals surface area contributed by atoms with Gasteiger partial charge in [0.2, 0.25) is 0 Å². The maximum absolute atomic E-state index is 5.63. The van der Waals surface area contributed by atoms with Crippen LogP contribution in [0, 0.1) is 0 Å². The van der Waals surface area contributed by atoms with Crippen LogP contribution in [0.3, 0.4) is 0 Å². The van der Waals surface area contributed by atoms with Crippen molar-refractivity contribution < 1.29 is 9.15 Å². The fourth-order valence-corrected chi connectivity index (χ4v) is 2.96. The SMILES string of the molecule is CC1CC2(CCO1)NCCc1occc12. The Kier molecular flexibility index (Phi) is 2.11. The molecule has 0 aromatic carbocycles. The molecule has 0 radical (unpaired) electrons. The zero-order valence-corrected chi connectivity index (χ0v) is 9.08. The summed E-state index contributed by atoms with van der Waals surface area (Å²) in [5.41, 5.74) is 1.49. The van der Waals surface area contributed by atoms with Gasteiger partial charge >= 0.3 is 0 Å². The zero-order chi connectivity index (χ0) is 10.3. The molecule has 2 unspecified atom stereocenters. The second-order valence-electron chi connectivity index (χ2n) is 4.65. The van der Waals surface area contributed by atoms with Gasteiger partial charge in [0.1, 0.15) is 5.76 Å². The molecule has 3 heteroatoms. The van der Waals surface area contributed by atoms with Crippen LogP contribution in [-0.2, 0) is 16.7 Å². The van der Waals surface area contributed by atoms with Gasteiger partial charge in [-0.2, -0.15) is 0 Å². The number of nitrogens with one attached hydrogen (secondary N) is 1. The van der Waals surface area contributed by atoms with Crippen LogP contribution >= 0.6 is 0 Å². The van der Waals surface area contributed by atoms with E-state index in [-0.39, 0.29) is 5.54 Å². The van der Waals surface area contributed by atoms with E-state index in [2.05, 4.69) is 18.3 Å². The van der Waals surface area contributed by atoms with Gasteiger partial charge in [0.25, 0.3) is 0 Å². The van der Waals surface area contributed by atoms with Crippen LogP contribution in [0.2, 0.25) is 0 Å². The summed E-state index contributed by atoms with van der Waals surface area (Å²) >= 11 is 0. The Bertz CT molecular complexity index is 360. The predicted molar refractivity (Wildman–Crippen MR) is 56.7 cm³/mol. The number of fused-ring (bicyclic) bond motifs is 2. The number of hydrogen-bond donors (Lipinski definition) is 1. The number of furan rings is 1. The molecule has 1 aromatic heterocycles. The molecule has 1 saturated heterocycles.